The zero-order valence-electron chi connectivity index (χ0n) is 31.2. The fourth-order valence-corrected chi connectivity index (χ4v) is 8.52. The monoisotopic (exact) mass is 748 g/mol. The van der Waals surface area contributed by atoms with Crippen molar-refractivity contribution >= 4 is 44.5 Å². The van der Waals surface area contributed by atoms with Gasteiger partial charge >= 0.3 is 6.03 Å². The second kappa shape index (κ2) is 14.5. The van der Waals surface area contributed by atoms with Crippen molar-refractivity contribution in [2.75, 3.05) is 26.1 Å². The van der Waals surface area contributed by atoms with E-state index in [-0.39, 0.29) is 18.9 Å². The van der Waals surface area contributed by atoms with Crippen LogP contribution in [0.15, 0.2) is 49.1 Å². The molecule has 2 saturated carbocycles. The van der Waals surface area contributed by atoms with Crippen LogP contribution in [-0.4, -0.2) is 95.8 Å². The van der Waals surface area contributed by atoms with E-state index < -0.39 is 62.8 Å². The van der Waals surface area contributed by atoms with Crippen molar-refractivity contribution in [2.45, 2.75) is 89.3 Å². The van der Waals surface area contributed by atoms with Crippen molar-refractivity contribution in [2.24, 2.45) is 11.8 Å². The molecule has 1 saturated heterocycles. The molecule has 53 heavy (non-hydrogen) atoms. The number of nitrogens with zero attached hydrogens (tertiary/aromatic N) is 4. The van der Waals surface area contributed by atoms with E-state index in [1.807, 2.05) is 52.8 Å². The Kier molecular flexibility index (Phi) is 10.3. The second-order valence-corrected chi connectivity index (χ2v) is 16.6. The molecule has 0 spiro atoms. The van der Waals surface area contributed by atoms with Crippen LogP contribution in [0.3, 0.4) is 0 Å². The Bertz CT molecular complexity index is 2030. The lowest BCUT2D eigenvalue weighted by molar-refractivity contribution is -0.140. The van der Waals surface area contributed by atoms with Crippen LogP contribution in [0.5, 0.6) is 17.5 Å². The lowest BCUT2D eigenvalue weighted by atomic mass is 10.00. The number of aryl methyl sites for hydroxylation is 2. The molecule has 2 unspecified atom stereocenters. The smallest absolute Gasteiger partial charge is 0.328 e. The third-order valence-electron chi connectivity index (χ3n) is 10.3. The number of fused-ring (bicyclic) bond motifs is 1. The first-order valence-corrected chi connectivity index (χ1v) is 19.4. The number of ether oxygens (including phenoxy) is 3. The number of rotatable bonds is 13. The Balaban J connectivity index is 1.35. The van der Waals surface area contributed by atoms with Crippen molar-refractivity contribution in [3.8, 4) is 17.5 Å². The highest BCUT2D eigenvalue weighted by molar-refractivity contribution is 7.91. The number of carbonyl (C=O) groups is 3. The minimum Gasteiger partial charge on any atom is -0.497 e. The normalized spacial score (nSPS) is 22.9. The molecule has 3 fully saturated rings. The van der Waals surface area contributed by atoms with Crippen molar-refractivity contribution in [3.05, 3.63) is 60.3 Å². The number of aromatic nitrogens is 2. The topological polar surface area (TPSA) is 169 Å². The molecule has 6 rings (SSSR count). The quantitative estimate of drug-likeness (QED) is 0.232. The highest BCUT2D eigenvalue weighted by atomic mass is 32.2. The van der Waals surface area contributed by atoms with Crippen molar-refractivity contribution in [1.29, 1.82) is 0 Å². The molecule has 3 aromatic rings. The third-order valence-corrected chi connectivity index (χ3v) is 12.1. The number of hydrogen-bond acceptors (Lipinski definition) is 11. The van der Waals surface area contributed by atoms with Gasteiger partial charge in [-0.05, 0) is 87.2 Å². The summed E-state index contributed by atoms with van der Waals surface area (Å²) in [5, 5.41) is 4.03. The minimum atomic E-state index is -4.01. The van der Waals surface area contributed by atoms with Crippen molar-refractivity contribution < 1.29 is 37.0 Å². The summed E-state index contributed by atoms with van der Waals surface area (Å²) >= 11 is 0. The lowest BCUT2D eigenvalue weighted by Gasteiger charge is -2.37. The van der Waals surface area contributed by atoms with Crippen LogP contribution in [0.25, 0.3) is 10.8 Å². The van der Waals surface area contributed by atoms with Gasteiger partial charge in [-0.15, -0.1) is 6.58 Å². The maximum Gasteiger partial charge on any atom is 0.328 e. The summed E-state index contributed by atoms with van der Waals surface area (Å²) in [6, 6.07) is 8.79. The number of methoxy groups -OCH3 is 2. The SMILES string of the molecule is C=C[C@@H]1C[C@@]1(C(=O)NS(=O)(=O)C1CC1)N(C(=O)C(Nc1cc(C)cc(C)n1)C(C)C)C(=O)N1C[C@H](Oc2nc(OC)cc3cc(OC)ccc23)CC1C. The molecule has 3 heterocycles. The van der Waals surface area contributed by atoms with Crippen molar-refractivity contribution in [3.63, 3.8) is 0 Å². The Morgan fingerprint density at radius 1 is 1.08 bits per heavy atom. The number of carbonyl (C=O) groups excluding carboxylic acids is 3. The van der Waals surface area contributed by atoms with E-state index in [9.17, 15) is 22.8 Å². The predicted octanol–water partition coefficient (Wildman–Crippen LogP) is 4.74. The molecule has 15 heteroatoms. The van der Waals surface area contributed by atoms with Crippen LogP contribution in [-0.2, 0) is 19.6 Å². The molecule has 2 aromatic heterocycles. The summed E-state index contributed by atoms with van der Waals surface area (Å²) in [4.78, 5) is 55.6. The second-order valence-electron chi connectivity index (χ2n) is 14.7. The molecular weight excluding hydrogens is 701 g/mol. The first kappa shape index (κ1) is 37.8. The van der Waals surface area contributed by atoms with Crippen LogP contribution in [0, 0.1) is 25.7 Å². The number of imide groups is 1. The molecule has 2 N–H and O–H groups in total. The van der Waals surface area contributed by atoms with Crippen LogP contribution in [0.1, 0.15) is 57.7 Å². The number of urea groups is 1. The lowest BCUT2D eigenvalue weighted by Crippen LogP contribution is -2.63. The molecule has 0 bridgehead atoms. The van der Waals surface area contributed by atoms with Gasteiger partial charge in [-0.2, -0.15) is 4.98 Å². The van der Waals surface area contributed by atoms with Crippen LogP contribution in [0.4, 0.5) is 10.6 Å². The van der Waals surface area contributed by atoms with Gasteiger partial charge in [0.1, 0.15) is 29.3 Å². The van der Waals surface area contributed by atoms with Crippen LogP contribution < -0.4 is 24.2 Å². The number of anilines is 1. The zero-order chi connectivity index (χ0) is 38.4. The highest BCUT2D eigenvalue weighted by Gasteiger charge is 2.68. The van der Waals surface area contributed by atoms with Crippen LogP contribution in [0.2, 0.25) is 0 Å². The Labute approximate surface area is 310 Å². The van der Waals surface area contributed by atoms with Gasteiger partial charge in [-0.25, -0.2) is 23.1 Å². The first-order valence-electron chi connectivity index (χ1n) is 17.9. The summed E-state index contributed by atoms with van der Waals surface area (Å²) in [6.45, 7) is 13.2. The van der Waals surface area contributed by atoms with Crippen molar-refractivity contribution in [1.82, 2.24) is 24.5 Å². The van der Waals surface area contributed by atoms with Gasteiger partial charge in [0.15, 0.2) is 0 Å². The van der Waals surface area contributed by atoms with E-state index >= 15 is 0 Å². The zero-order valence-corrected chi connectivity index (χ0v) is 32.0. The van der Waals surface area contributed by atoms with E-state index in [0.717, 1.165) is 21.5 Å². The van der Waals surface area contributed by atoms with E-state index in [2.05, 4.69) is 26.6 Å². The summed E-state index contributed by atoms with van der Waals surface area (Å²) < 4.78 is 45.6. The molecule has 0 radical (unpaired) electrons. The van der Waals surface area contributed by atoms with Crippen LogP contribution >= 0.6 is 0 Å². The molecule has 2 aliphatic carbocycles. The van der Waals surface area contributed by atoms with Gasteiger partial charge in [0.05, 0.1) is 26.0 Å². The summed E-state index contributed by atoms with van der Waals surface area (Å²) in [5.74, 6) is -0.921. The summed E-state index contributed by atoms with van der Waals surface area (Å²) in [5.41, 5.74) is -0.155. The predicted molar refractivity (Wildman–Crippen MR) is 199 cm³/mol. The molecule has 1 aromatic carbocycles. The first-order chi connectivity index (χ1) is 25.1. The van der Waals surface area contributed by atoms with Gasteiger partial charge in [0.2, 0.25) is 21.8 Å². The minimum absolute atomic E-state index is 0.0257. The Morgan fingerprint density at radius 3 is 2.42 bits per heavy atom. The highest BCUT2D eigenvalue weighted by Crippen LogP contribution is 2.51. The maximum absolute atomic E-state index is 14.9. The number of likely N-dealkylation sites (tertiary alicyclic amines) is 1. The molecule has 14 nitrogen and oxygen atoms in total. The fourth-order valence-electron chi connectivity index (χ4n) is 7.16. The molecule has 5 atom stereocenters. The number of hydrogen-bond donors (Lipinski definition) is 2. The molecular formula is C38H48N6O8S. The Hall–Kier alpha value is -4.92. The van der Waals surface area contributed by atoms with E-state index in [0.29, 0.717) is 48.0 Å². The third kappa shape index (κ3) is 7.48. The van der Waals surface area contributed by atoms with E-state index in [1.165, 1.54) is 18.1 Å². The van der Waals surface area contributed by atoms with Gasteiger partial charge < -0.3 is 24.4 Å². The molecule has 284 valence electrons. The summed E-state index contributed by atoms with van der Waals surface area (Å²) in [6.07, 6.45) is 2.24. The number of benzene rings is 1. The number of amides is 4. The van der Waals surface area contributed by atoms with Gasteiger partial charge in [-0.3, -0.25) is 14.3 Å². The average Bonchev–Trinajstić information content (AvgIpc) is 4.03. The molecule has 1 aliphatic heterocycles. The maximum atomic E-state index is 14.9. The average molecular weight is 749 g/mol. The molecule has 3 aliphatic rings. The number of pyridine rings is 2. The van der Waals surface area contributed by atoms with E-state index in [1.54, 1.807) is 25.3 Å². The molecule has 4 amide bonds. The number of sulfonamides is 1. The van der Waals surface area contributed by atoms with E-state index in [4.69, 9.17) is 14.2 Å². The van der Waals surface area contributed by atoms with Gasteiger partial charge in [0, 0.05) is 35.5 Å². The Morgan fingerprint density at radius 2 is 1.81 bits per heavy atom. The van der Waals surface area contributed by atoms with Gasteiger partial charge in [-0.1, -0.05) is 19.9 Å². The van der Waals surface area contributed by atoms with Gasteiger partial charge in [0.25, 0.3) is 11.8 Å². The number of nitrogens with one attached hydrogen (secondary N) is 2. The standard InChI is InChI=1S/C38H48N6O8S/c1-9-26-19-38(26,36(46)42-53(48,49)29-11-12-29)44(35(45)33(21(2)3)40-31-15-22(4)14-23(5)39-31)37(47)43-20-28(16-24(43)6)52-34-30-13-10-27(50-7)17-25(30)18-32(41-34)51-8/h9-10,13-15,17-18,21,24,26,28-29,33H,1,11-12,16,19-20H2,2-8H3,(H,39,40)(H,42,46)/t24?,26-,28-,33?,38-/m1/s1. The summed E-state index contributed by atoms with van der Waals surface area (Å²) in [7, 11) is -0.924. The fraction of sp³-hybridized carbons (Fsp3) is 0.500. The largest absolute Gasteiger partial charge is 0.497 e.